The zero-order valence-electron chi connectivity index (χ0n) is 17.0. The third-order valence-electron chi connectivity index (χ3n) is 4.75. The number of nitrogens with zero attached hydrogens (tertiary/aromatic N) is 3. The van der Waals surface area contributed by atoms with Gasteiger partial charge in [-0.2, -0.15) is 9.40 Å². The summed E-state index contributed by atoms with van der Waals surface area (Å²) < 4.78 is 36.9. The highest BCUT2D eigenvalue weighted by molar-refractivity contribution is 7.89. The van der Waals surface area contributed by atoms with Gasteiger partial charge >= 0.3 is 6.16 Å². The van der Waals surface area contributed by atoms with Crippen LogP contribution in [0.2, 0.25) is 0 Å². The second kappa shape index (κ2) is 8.84. The number of benzene rings is 1. The smallest absolute Gasteiger partial charge is 0.434 e. The lowest BCUT2D eigenvalue weighted by atomic mass is 10.2. The van der Waals surface area contributed by atoms with Gasteiger partial charge in [0.2, 0.25) is 10.0 Å². The summed E-state index contributed by atoms with van der Waals surface area (Å²) in [6.45, 7) is 6.13. The molecule has 30 heavy (non-hydrogen) atoms. The van der Waals surface area contributed by atoms with Crippen molar-refractivity contribution in [3.8, 4) is 5.75 Å². The van der Waals surface area contributed by atoms with E-state index in [1.807, 2.05) is 0 Å². The second-order valence-electron chi connectivity index (χ2n) is 6.77. The summed E-state index contributed by atoms with van der Waals surface area (Å²) in [4.78, 5) is 25.9. The van der Waals surface area contributed by atoms with E-state index in [2.05, 4.69) is 10.2 Å². The average Bonchev–Trinajstić information content (AvgIpc) is 3.07. The number of amides is 1. The van der Waals surface area contributed by atoms with Crippen LogP contribution < -0.4 is 4.74 Å². The van der Waals surface area contributed by atoms with Gasteiger partial charge in [0.25, 0.3) is 5.91 Å². The minimum absolute atomic E-state index is 0.194. The Bertz CT molecular complexity index is 1000. The molecule has 2 aromatic rings. The predicted molar refractivity (Wildman–Crippen MR) is 107 cm³/mol. The molecule has 1 saturated heterocycles. The van der Waals surface area contributed by atoms with Crippen LogP contribution in [0.3, 0.4) is 0 Å². The fourth-order valence-corrected chi connectivity index (χ4v) is 5.03. The van der Waals surface area contributed by atoms with E-state index in [-0.39, 0.29) is 49.3 Å². The molecule has 0 radical (unpaired) electrons. The monoisotopic (exact) mass is 436 g/mol. The molecule has 162 valence electrons. The van der Waals surface area contributed by atoms with Gasteiger partial charge in [-0.1, -0.05) is 0 Å². The highest BCUT2D eigenvalue weighted by atomic mass is 32.2. The molecule has 10 nitrogen and oxygen atoms in total. The van der Waals surface area contributed by atoms with Crippen molar-refractivity contribution in [2.45, 2.75) is 25.7 Å². The number of rotatable bonds is 5. The molecule has 0 aliphatic carbocycles. The Hall–Kier alpha value is -2.92. The van der Waals surface area contributed by atoms with Crippen molar-refractivity contribution in [3.05, 3.63) is 41.2 Å². The van der Waals surface area contributed by atoms with Crippen LogP contribution in [-0.4, -0.2) is 72.7 Å². The first-order valence-corrected chi connectivity index (χ1v) is 10.9. The van der Waals surface area contributed by atoms with Crippen molar-refractivity contribution in [1.82, 2.24) is 19.4 Å². The Morgan fingerprint density at radius 1 is 1.10 bits per heavy atom. The Balaban J connectivity index is 1.62. The number of aryl methyl sites for hydroxylation is 2. The molecule has 0 bridgehead atoms. The van der Waals surface area contributed by atoms with Crippen LogP contribution in [-0.2, 0) is 14.8 Å². The van der Waals surface area contributed by atoms with E-state index < -0.39 is 16.2 Å². The van der Waals surface area contributed by atoms with Gasteiger partial charge in [-0.3, -0.25) is 9.89 Å². The molecule has 0 saturated carbocycles. The number of sulfonamides is 1. The van der Waals surface area contributed by atoms with Gasteiger partial charge in [-0.05, 0) is 45.0 Å². The van der Waals surface area contributed by atoms with Crippen molar-refractivity contribution < 1.29 is 27.5 Å². The summed E-state index contributed by atoms with van der Waals surface area (Å²) in [6.07, 6.45) is -0.808. The standard InChI is InChI=1S/C19H24N4O6S/c1-4-28-19(25)29-16-7-5-15(6-8-16)18(24)22-9-11-23(12-10-22)30(26,27)17-13(2)20-21-14(17)3/h5-8H,4,9-12H2,1-3H3,(H,20,21). The first kappa shape index (κ1) is 21.8. The molecule has 11 heteroatoms. The maximum atomic E-state index is 12.9. The van der Waals surface area contributed by atoms with Crippen LogP contribution in [0.4, 0.5) is 4.79 Å². The van der Waals surface area contributed by atoms with E-state index in [9.17, 15) is 18.0 Å². The SMILES string of the molecule is CCOC(=O)Oc1ccc(C(=O)N2CCN(S(=O)(=O)c3c(C)n[nH]c3C)CC2)cc1. The molecule has 0 atom stereocenters. The Labute approximate surface area is 174 Å². The van der Waals surface area contributed by atoms with Crippen LogP contribution in [0.25, 0.3) is 0 Å². The molecule has 1 aromatic heterocycles. The number of aromatic amines is 1. The van der Waals surface area contributed by atoms with Gasteiger partial charge in [0.15, 0.2) is 0 Å². The molecule has 1 N–H and O–H groups in total. The van der Waals surface area contributed by atoms with Crippen LogP contribution in [0, 0.1) is 13.8 Å². The first-order chi connectivity index (χ1) is 14.2. The molecule has 0 unspecified atom stereocenters. The Kier molecular flexibility index (Phi) is 6.42. The summed E-state index contributed by atoms with van der Waals surface area (Å²) in [6, 6.07) is 6.13. The summed E-state index contributed by atoms with van der Waals surface area (Å²) >= 11 is 0. The van der Waals surface area contributed by atoms with Crippen LogP contribution in [0.1, 0.15) is 28.7 Å². The van der Waals surface area contributed by atoms with Crippen molar-refractivity contribution >= 4 is 22.1 Å². The number of nitrogens with one attached hydrogen (secondary N) is 1. The normalized spacial score (nSPS) is 15.1. The lowest BCUT2D eigenvalue weighted by Gasteiger charge is -2.34. The third-order valence-corrected chi connectivity index (χ3v) is 6.91. The maximum absolute atomic E-state index is 12.9. The molecule has 1 aliphatic heterocycles. The lowest BCUT2D eigenvalue weighted by Crippen LogP contribution is -2.50. The minimum Gasteiger partial charge on any atom is -0.434 e. The summed E-state index contributed by atoms with van der Waals surface area (Å²) in [5, 5.41) is 6.66. The Morgan fingerprint density at radius 3 is 2.27 bits per heavy atom. The molecule has 1 fully saturated rings. The van der Waals surface area contributed by atoms with Gasteiger partial charge in [0.1, 0.15) is 10.6 Å². The topological polar surface area (TPSA) is 122 Å². The molecule has 2 heterocycles. The first-order valence-electron chi connectivity index (χ1n) is 9.49. The predicted octanol–water partition coefficient (Wildman–Crippen LogP) is 1.71. The number of aromatic nitrogens is 2. The number of ether oxygens (including phenoxy) is 2. The van der Waals surface area contributed by atoms with Gasteiger partial charge in [-0.25, -0.2) is 13.2 Å². The van der Waals surface area contributed by atoms with Crippen LogP contribution in [0.15, 0.2) is 29.2 Å². The van der Waals surface area contributed by atoms with E-state index in [0.717, 1.165) is 0 Å². The van der Waals surface area contributed by atoms with E-state index in [4.69, 9.17) is 9.47 Å². The summed E-state index contributed by atoms with van der Waals surface area (Å²) in [5.41, 5.74) is 1.34. The fraction of sp³-hybridized carbons (Fsp3) is 0.421. The number of carbonyl (C=O) groups is 2. The van der Waals surface area contributed by atoms with E-state index in [1.54, 1.807) is 37.8 Å². The van der Waals surface area contributed by atoms with Crippen molar-refractivity contribution in [2.75, 3.05) is 32.8 Å². The Morgan fingerprint density at radius 2 is 1.73 bits per heavy atom. The largest absolute Gasteiger partial charge is 0.513 e. The zero-order chi connectivity index (χ0) is 21.9. The number of hydrogen-bond acceptors (Lipinski definition) is 7. The van der Waals surface area contributed by atoms with Gasteiger partial charge in [-0.15, -0.1) is 0 Å². The number of H-pyrrole nitrogens is 1. The molecule has 1 amide bonds. The summed E-state index contributed by atoms with van der Waals surface area (Å²) in [5.74, 6) is 0.0529. The maximum Gasteiger partial charge on any atom is 0.513 e. The zero-order valence-corrected chi connectivity index (χ0v) is 17.9. The van der Waals surface area contributed by atoms with Gasteiger partial charge in [0.05, 0.1) is 18.0 Å². The molecule has 1 aromatic carbocycles. The molecule has 1 aliphatic rings. The highest BCUT2D eigenvalue weighted by Gasteiger charge is 2.33. The average molecular weight is 436 g/mol. The molecule has 0 spiro atoms. The van der Waals surface area contributed by atoms with Crippen LogP contribution in [0.5, 0.6) is 5.75 Å². The molecular formula is C19H24N4O6S. The van der Waals surface area contributed by atoms with E-state index in [1.165, 1.54) is 16.4 Å². The molecule has 3 rings (SSSR count). The number of carbonyl (C=O) groups excluding carboxylic acids is 2. The van der Waals surface area contributed by atoms with Gasteiger partial charge < -0.3 is 14.4 Å². The molecular weight excluding hydrogens is 412 g/mol. The van der Waals surface area contributed by atoms with Crippen molar-refractivity contribution in [3.63, 3.8) is 0 Å². The quantitative estimate of drug-likeness (QED) is 0.559. The number of piperazine rings is 1. The highest BCUT2D eigenvalue weighted by Crippen LogP contribution is 2.23. The fourth-order valence-electron chi connectivity index (χ4n) is 3.27. The van der Waals surface area contributed by atoms with Crippen molar-refractivity contribution in [2.24, 2.45) is 0 Å². The van der Waals surface area contributed by atoms with Crippen molar-refractivity contribution in [1.29, 1.82) is 0 Å². The van der Waals surface area contributed by atoms with Crippen LogP contribution >= 0.6 is 0 Å². The van der Waals surface area contributed by atoms with E-state index in [0.29, 0.717) is 17.0 Å². The number of hydrogen-bond donors (Lipinski definition) is 1. The minimum atomic E-state index is -3.67. The third kappa shape index (κ3) is 4.46. The summed E-state index contributed by atoms with van der Waals surface area (Å²) in [7, 11) is -3.67. The lowest BCUT2D eigenvalue weighted by molar-refractivity contribution is 0.0698. The van der Waals surface area contributed by atoms with Gasteiger partial charge in [0, 0.05) is 31.7 Å². The van der Waals surface area contributed by atoms with E-state index >= 15 is 0 Å². The second-order valence-corrected chi connectivity index (χ2v) is 8.64.